The number of ether oxygens (including phenoxy) is 1. The maximum Gasteiger partial charge on any atom is 0.234 e. The summed E-state index contributed by atoms with van der Waals surface area (Å²) in [5.74, 6) is 0.900. The van der Waals surface area contributed by atoms with Crippen molar-refractivity contribution >= 4 is 35.0 Å². The van der Waals surface area contributed by atoms with E-state index < -0.39 is 0 Å². The number of hydrogen-bond donors (Lipinski definition) is 2. The van der Waals surface area contributed by atoms with Crippen molar-refractivity contribution in [2.45, 2.75) is 31.1 Å². The molecule has 2 amide bonds. The number of benzene rings is 2. The summed E-state index contributed by atoms with van der Waals surface area (Å²) in [7, 11) is 1.59. The van der Waals surface area contributed by atoms with E-state index in [1.807, 2.05) is 42.5 Å². The van der Waals surface area contributed by atoms with Gasteiger partial charge >= 0.3 is 0 Å². The number of methoxy groups -OCH3 is 1. The monoisotopic (exact) mass is 372 g/mol. The molecular formula is C20H24N2O3S. The number of carbonyl (C=O) groups is 2. The van der Waals surface area contributed by atoms with Crippen LogP contribution in [-0.4, -0.2) is 24.7 Å². The Hall–Kier alpha value is -2.47. The summed E-state index contributed by atoms with van der Waals surface area (Å²) < 4.78 is 5.14. The fourth-order valence-electron chi connectivity index (χ4n) is 2.27. The highest BCUT2D eigenvalue weighted by Gasteiger charge is 2.06. The van der Waals surface area contributed by atoms with Crippen LogP contribution in [-0.2, 0) is 9.59 Å². The second-order valence-corrected chi connectivity index (χ2v) is 6.80. The van der Waals surface area contributed by atoms with Gasteiger partial charge in [-0.25, -0.2) is 0 Å². The molecule has 2 N–H and O–H groups in total. The lowest BCUT2D eigenvalue weighted by Crippen LogP contribution is -2.14. The van der Waals surface area contributed by atoms with Crippen molar-refractivity contribution in [3.05, 3.63) is 48.5 Å². The molecule has 0 fully saturated rings. The molecule has 6 heteroatoms. The van der Waals surface area contributed by atoms with E-state index in [1.54, 1.807) is 13.2 Å². The van der Waals surface area contributed by atoms with Crippen molar-refractivity contribution in [3.8, 4) is 5.75 Å². The zero-order valence-electron chi connectivity index (χ0n) is 15.1. The molecule has 0 saturated heterocycles. The minimum Gasteiger partial charge on any atom is -0.497 e. The van der Waals surface area contributed by atoms with E-state index in [-0.39, 0.29) is 17.6 Å². The summed E-state index contributed by atoms with van der Waals surface area (Å²) in [6, 6.07) is 14.8. The standard InChI is InChI=1S/C20H24N2O3S/c1-3-4-11-19(23)21-16-8-6-10-18(13-16)26-14-20(24)22-15-7-5-9-17(12-15)25-2/h5-10,12-13H,3-4,11,14H2,1-2H3,(H,21,23)(H,22,24). The lowest BCUT2D eigenvalue weighted by atomic mass is 10.2. The number of nitrogens with one attached hydrogen (secondary N) is 2. The highest BCUT2D eigenvalue weighted by atomic mass is 32.2. The largest absolute Gasteiger partial charge is 0.497 e. The highest BCUT2D eigenvalue weighted by Crippen LogP contribution is 2.23. The molecule has 0 aliphatic rings. The Balaban J connectivity index is 1.85. The van der Waals surface area contributed by atoms with Gasteiger partial charge in [0.2, 0.25) is 11.8 Å². The van der Waals surface area contributed by atoms with Gasteiger partial charge in [0.05, 0.1) is 12.9 Å². The second kappa shape index (κ2) is 10.5. The maximum atomic E-state index is 12.1. The second-order valence-electron chi connectivity index (χ2n) is 5.75. The van der Waals surface area contributed by atoms with Crippen molar-refractivity contribution in [2.24, 2.45) is 0 Å². The smallest absolute Gasteiger partial charge is 0.234 e. The molecule has 26 heavy (non-hydrogen) atoms. The van der Waals surface area contributed by atoms with Crippen LogP contribution >= 0.6 is 11.8 Å². The van der Waals surface area contributed by atoms with Gasteiger partial charge in [-0.1, -0.05) is 25.5 Å². The molecule has 0 radical (unpaired) electrons. The zero-order valence-corrected chi connectivity index (χ0v) is 15.9. The van der Waals surface area contributed by atoms with Crippen molar-refractivity contribution in [1.82, 2.24) is 0 Å². The van der Waals surface area contributed by atoms with Crippen LogP contribution in [0.2, 0.25) is 0 Å². The third-order valence-electron chi connectivity index (χ3n) is 3.60. The van der Waals surface area contributed by atoms with Crippen LogP contribution in [0.1, 0.15) is 26.2 Å². The number of rotatable bonds is 9. The molecule has 0 atom stereocenters. The van der Waals surface area contributed by atoms with Crippen LogP contribution in [0.5, 0.6) is 5.75 Å². The average Bonchev–Trinajstić information content (AvgIpc) is 2.65. The first-order chi connectivity index (χ1) is 12.6. The fourth-order valence-corrected chi connectivity index (χ4v) is 3.03. The lowest BCUT2D eigenvalue weighted by Gasteiger charge is -2.08. The number of anilines is 2. The summed E-state index contributed by atoms with van der Waals surface area (Å²) in [4.78, 5) is 24.9. The van der Waals surface area contributed by atoms with Gasteiger partial charge in [0.25, 0.3) is 0 Å². The SMILES string of the molecule is CCCCC(=O)Nc1cccc(SCC(=O)Nc2cccc(OC)c2)c1. The van der Waals surface area contributed by atoms with Gasteiger partial charge in [-0.3, -0.25) is 9.59 Å². The van der Waals surface area contributed by atoms with Crippen LogP contribution in [0, 0.1) is 0 Å². The average molecular weight is 372 g/mol. The van der Waals surface area contributed by atoms with Gasteiger partial charge in [-0.2, -0.15) is 0 Å². The third-order valence-corrected chi connectivity index (χ3v) is 4.59. The van der Waals surface area contributed by atoms with Gasteiger partial charge in [-0.15, -0.1) is 11.8 Å². The Labute approximate surface area is 158 Å². The molecule has 0 heterocycles. The molecule has 2 rings (SSSR count). The van der Waals surface area contributed by atoms with Crippen LogP contribution < -0.4 is 15.4 Å². The van der Waals surface area contributed by atoms with Gasteiger partial charge in [-0.05, 0) is 36.8 Å². The summed E-state index contributed by atoms with van der Waals surface area (Å²) >= 11 is 1.42. The van der Waals surface area contributed by atoms with E-state index in [0.29, 0.717) is 17.9 Å². The van der Waals surface area contributed by atoms with Crippen LogP contribution in [0.25, 0.3) is 0 Å². The number of carbonyl (C=O) groups excluding carboxylic acids is 2. The van der Waals surface area contributed by atoms with E-state index >= 15 is 0 Å². The molecule has 2 aromatic rings. The molecule has 0 unspecified atom stereocenters. The van der Waals surface area contributed by atoms with Crippen molar-refractivity contribution in [1.29, 1.82) is 0 Å². The van der Waals surface area contributed by atoms with Gasteiger partial charge in [0, 0.05) is 28.8 Å². The Bertz CT molecular complexity index is 749. The predicted octanol–water partition coefficient (Wildman–Crippen LogP) is 4.55. The topological polar surface area (TPSA) is 67.4 Å². The normalized spacial score (nSPS) is 10.2. The summed E-state index contributed by atoms with van der Waals surface area (Å²) in [6.45, 7) is 2.06. The molecule has 0 spiro atoms. The predicted molar refractivity (Wildman–Crippen MR) is 107 cm³/mol. The summed E-state index contributed by atoms with van der Waals surface area (Å²) in [6.07, 6.45) is 2.40. The van der Waals surface area contributed by atoms with Crippen LogP contribution in [0.4, 0.5) is 11.4 Å². The molecule has 138 valence electrons. The Kier molecular flexibility index (Phi) is 8.02. The number of amides is 2. The first-order valence-electron chi connectivity index (χ1n) is 8.57. The zero-order chi connectivity index (χ0) is 18.8. The van der Waals surface area contributed by atoms with Crippen LogP contribution in [0.15, 0.2) is 53.4 Å². The number of thioether (sulfide) groups is 1. The molecule has 0 aliphatic heterocycles. The Morgan fingerprint density at radius 3 is 2.42 bits per heavy atom. The van der Waals surface area contributed by atoms with Crippen LogP contribution in [0.3, 0.4) is 0 Å². The van der Waals surface area contributed by atoms with E-state index in [0.717, 1.165) is 23.4 Å². The Morgan fingerprint density at radius 1 is 1.00 bits per heavy atom. The van der Waals surface area contributed by atoms with E-state index in [9.17, 15) is 9.59 Å². The third kappa shape index (κ3) is 6.80. The molecule has 5 nitrogen and oxygen atoms in total. The van der Waals surface area contributed by atoms with Crippen molar-refractivity contribution in [2.75, 3.05) is 23.5 Å². The molecule has 0 saturated carbocycles. The fraction of sp³-hybridized carbons (Fsp3) is 0.300. The lowest BCUT2D eigenvalue weighted by molar-refractivity contribution is -0.116. The van der Waals surface area contributed by atoms with Gasteiger partial charge in [0.15, 0.2) is 0 Å². The summed E-state index contributed by atoms with van der Waals surface area (Å²) in [5.41, 5.74) is 1.45. The van der Waals surface area contributed by atoms with E-state index in [4.69, 9.17) is 4.74 Å². The van der Waals surface area contributed by atoms with E-state index in [1.165, 1.54) is 11.8 Å². The molecule has 0 aromatic heterocycles. The van der Waals surface area contributed by atoms with E-state index in [2.05, 4.69) is 17.6 Å². The molecular weight excluding hydrogens is 348 g/mol. The minimum absolute atomic E-state index is 0.0183. The molecule has 0 bridgehead atoms. The van der Waals surface area contributed by atoms with Gasteiger partial charge in [0.1, 0.15) is 5.75 Å². The number of unbranched alkanes of at least 4 members (excludes halogenated alkanes) is 1. The quantitative estimate of drug-likeness (QED) is 0.634. The van der Waals surface area contributed by atoms with Gasteiger partial charge < -0.3 is 15.4 Å². The maximum absolute atomic E-state index is 12.1. The number of hydrogen-bond acceptors (Lipinski definition) is 4. The molecule has 2 aromatic carbocycles. The summed E-state index contributed by atoms with van der Waals surface area (Å²) in [5, 5.41) is 5.74. The molecule has 0 aliphatic carbocycles. The van der Waals surface area contributed by atoms with Crippen molar-refractivity contribution in [3.63, 3.8) is 0 Å². The first-order valence-corrected chi connectivity index (χ1v) is 9.56. The van der Waals surface area contributed by atoms with Crippen molar-refractivity contribution < 1.29 is 14.3 Å². The highest BCUT2D eigenvalue weighted by molar-refractivity contribution is 8.00. The first kappa shape index (κ1) is 19.8. The minimum atomic E-state index is -0.0966. The Morgan fingerprint density at radius 2 is 1.69 bits per heavy atom.